The number of ether oxygens (including phenoxy) is 1. The van der Waals surface area contributed by atoms with Crippen molar-refractivity contribution < 1.29 is 13.9 Å². The molecule has 1 amide bonds. The second-order valence-electron chi connectivity index (χ2n) is 8.93. The molecule has 0 aromatic carbocycles. The van der Waals surface area contributed by atoms with E-state index in [0.717, 1.165) is 29.3 Å². The fourth-order valence-corrected chi connectivity index (χ4v) is 3.97. The van der Waals surface area contributed by atoms with Gasteiger partial charge < -0.3 is 10.1 Å². The summed E-state index contributed by atoms with van der Waals surface area (Å²) in [5, 5.41) is 15.1. The minimum absolute atomic E-state index is 0.116. The third-order valence-corrected chi connectivity index (χ3v) is 5.88. The maximum Gasteiger partial charge on any atom is 0.235 e. The van der Waals surface area contributed by atoms with Crippen molar-refractivity contribution in [2.45, 2.75) is 44.3 Å². The zero-order chi connectivity index (χ0) is 23.2. The second-order valence-corrected chi connectivity index (χ2v) is 8.93. The minimum Gasteiger partial charge on any atom is -0.481 e. The Kier molecular flexibility index (Phi) is 4.88. The molecule has 4 heterocycles. The number of amides is 1. The van der Waals surface area contributed by atoms with Crippen LogP contribution in [-0.2, 0) is 16.8 Å². The number of hydrogen-bond donors (Lipinski definition) is 2. The van der Waals surface area contributed by atoms with E-state index in [4.69, 9.17) is 4.74 Å². The lowest BCUT2D eigenvalue weighted by atomic mass is 9.96. The highest BCUT2D eigenvalue weighted by Gasteiger charge is 2.51. The molecule has 1 saturated carbocycles. The number of pyridine rings is 2. The molecule has 170 valence electrons. The number of aromatic amines is 1. The van der Waals surface area contributed by atoms with Crippen LogP contribution in [0.4, 0.5) is 10.1 Å². The number of halogens is 1. The molecule has 10 heteroatoms. The zero-order valence-electron chi connectivity index (χ0n) is 18.6. The molecule has 2 N–H and O–H groups in total. The Morgan fingerprint density at radius 1 is 1.24 bits per heavy atom. The summed E-state index contributed by atoms with van der Waals surface area (Å²) in [5.41, 5.74) is 1.24. The Balaban J connectivity index is 1.42. The summed E-state index contributed by atoms with van der Waals surface area (Å²) in [6.45, 7) is 3.14. The standard InChI is InChI=1S/C23H24FN7O2/c1-22(2,24)13-31-18-8-16(25-9-14(18)10-28-31)20-17(12-27-30-20)29-21(32)23(6-7-23)15-4-5-19(33-3)26-11-15/h4-5,8-12H,6-7,13H2,1-3H3,(H,27,30)(H,29,32). The molecule has 5 rings (SSSR count). The monoisotopic (exact) mass is 449 g/mol. The van der Waals surface area contributed by atoms with Crippen LogP contribution in [0.5, 0.6) is 5.88 Å². The van der Waals surface area contributed by atoms with Crippen molar-refractivity contribution in [3.63, 3.8) is 0 Å². The third-order valence-electron chi connectivity index (χ3n) is 5.88. The van der Waals surface area contributed by atoms with Crippen LogP contribution in [0.15, 0.2) is 43.0 Å². The fourth-order valence-electron chi connectivity index (χ4n) is 3.97. The van der Waals surface area contributed by atoms with Crippen LogP contribution < -0.4 is 10.1 Å². The third kappa shape index (κ3) is 3.92. The maximum absolute atomic E-state index is 14.2. The number of alkyl halides is 1. The van der Waals surface area contributed by atoms with Gasteiger partial charge in [0.05, 0.1) is 48.4 Å². The number of H-pyrrole nitrogens is 1. The molecule has 0 unspecified atom stereocenters. The van der Waals surface area contributed by atoms with Crippen LogP contribution in [0.2, 0.25) is 0 Å². The molecule has 4 aromatic heterocycles. The van der Waals surface area contributed by atoms with Gasteiger partial charge in [-0.2, -0.15) is 10.2 Å². The summed E-state index contributed by atoms with van der Waals surface area (Å²) in [6.07, 6.45) is 8.06. The second kappa shape index (κ2) is 7.65. The molecule has 1 aliphatic rings. The summed E-state index contributed by atoms with van der Waals surface area (Å²) in [7, 11) is 1.55. The number of nitrogens with one attached hydrogen (secondary N) is 2. The van der Waals surface area contributed by atoms with E-state index in [1.165, 1.54) is 13.8 Å². The predicted octanol–water partition coefficient (Wildman–Crippen LogP) is 3.64. The summed E-state index contributed by atoms with van der Waals surface area (Å²) in [5.74, 6) is 0.381. The van der Waals surface area contributed by atoms with Gasteiger partial charge in [0.25, 0.3) is 0 Å². The van der Waals surface area contributed by atoms with Crippen molar-refractivity contribution in [3.05, 3.63) is 48.5 Å². The first-order valence-corrected chi connectivity index (χ1v) is 10.7. The lowest BCUT2D eigenvalue weighted by Crippen LogP contribution is -2.28. The van der Waals surface area contributed by atoms with Crippen molar-refractivity contribution >= 4 is 22.5 Å². The first kappa shape index (κ1) is 21.0. The molecule has 0 saturated heterocycles. The van der Waals surface area contributed by atoms with E-state index < -0.39 is 11.1 Å². The van der Waals surface area contributed by atoms with E-state index in [1.54, 1.807) is 42.6 Å². The molecule has 33 heavy (non-hydrogen) atoms. The van der Waals surface area contributed by atoms with Gasteiger partial charge in [-0.15, -0.1) is 0 Å². The molecular formula is C23H24FN7O2. The minimum atomic E-state index is -1.41. The van der Waals surface area contributed by atoms with Gasteiger partial charge >= 0.3 is 0 Å². The quantitative estimate of drug-likeness (QED) is 0.446. The van der Waals surface area contributed by atoms with Gasteiger partial charge in [0.1, 0.15) is 11.4 Å². The molecule has 0 atom stereocenters. The largest absolute Gasteiger partial charge is 0.481 e. The predicted molar refractivity (Wildman–Crippen MR) is 121 cm³/mol. The number of hydrogen-bond acceptors (Lipinski definition) is 6. The van der Waals surface area contributed by atoms with Gasteiger partial charge in [0, 0.05) is 23.8 Å². The molecule has 0 bridgehead atoms. The first-order valence-electron chi connectivity index (χ1n) is 10.7. The molecule has 0 aliphatic heterocycles. The van der Waals surface area contributed by atoms with Crippen LogP contribution in [0.25, 0.3) is 22.3 Å². The first-order chi connectivity index (χ1) is 15.8. The van der Waals surface area contributed by atoms with Crippen molar-refractivity contribution in [1.29, 1.82) is 0 Å². The highest BCUT2D eigenvalue weighted by atomic mass is 19.1. The average molecular weight is 449 g/mol. The Labute approximate surface area is 189 Å². The van der Waals surface area contributed by atoms with Gasteiger partial charge in [-0.25, -0.2) is 9.37 Å². The molecule has 9 nitrogen and oxygen atoms in total. The highest BCUT2D eigenvalue weighted by molar-refractivity contribution is 6.03. The lowest BCUT2D eigenvalue weighted by Gasteiger charge is -2.16. The normalized spacial score (nSPS) is 14.9. The molecular weight excluding hydrogens is 425 g/mol. The number of rotatable bonds is 7. The SMILES string of the molecule is COc1ccc(C2(C(=O)Nc3cn[nH]c3-c3cc4c(cn3)cnn4CC(C)(C)F)CC2)cn1. The fraction of sp³-hybridized carbons (Fsp3) is 0.348. The van der Waals surface area contributed by atoms with Gasteiger partial charge in [-0.3, -0.25) is 19.6 Å². The van der Waals surface area contributed by atoms with E-state index in [2.05, 4.69) is 30.6 Å². The van der Waals surface area contributed by atoms with Crippen LogP contribution in [0, 0.1) is 0 Å². The van der Waals surface area contributed by atoms with Crippen LogP contribution >= 0.6 is 0 Å². The molecule has 1 aliphatic carbocycles. The van der Waals surface area contributed by atoms with Crippen molar-refractivity contribution in [2.75, 3.05) is 12.4 Å². The number of fused-ring (bicyclic) bond motifs is 1. The number of carbonyl (C=O) groups excluding carboxylic acids is 1. The smallest absolute Gasteiger partial charge is 0.235 e. The molecule has 4 aromatic rings. The number of methoxy groups -OCH3 is 1. The van der Waals surface area contributed by atoms with Crippen LogP contribution in [0.1, 0.15) is 32.3 Å². The van der Waals surface area contributed by atoms with Crippen molar-refractivity contribution in [1.82, 2.24) is 29.9 Å². The Morgan fingerprint density at radius 3 is 2.73 bits per heavy atom. The van der Waals surface area contributed by atoms with Crippen molar-refractivity contribution in [2.24, 2.45) is 0 Å². The van der Waals surface area contributed by atoms with Gasteiger partial charge in [-0.1, -0.05) is 6.07 Å². The van der Waals surface area contributed by atoms with Crippen LogP contribution in [0.3, 0.4) is 0 Å². The van der Waals surface area contributed by atoms with Crippen LogP contribution in [-0.4, -0.2) is 48.6 Å². The maximum atomic E-state index is 14.2. The van der Waals surface area contributed by atoms with E-state index in [1.807, 2.05) is 12.1 Å². The zero-order valence-corrected chi connectivity index (χ0v) is 18.6. The molecule has 1 fully saturated rings. The summed E-state index contributed by atoms with van der Waals surface area (Å²) >= 11 is 0. The average Bonchev–Trinajstić information content (AvgIpc) is 3.34. The van der Waals surface area contributed by atoms with Gasteiger partial charge in [0.2, 0.25) is 11.8 Å². The summed E-state index contributed by atoms with van der Waals surface area (Å²) < 4.78 is 20.9. The summed E-state index contributed by atoms with van der Waals surface area (Å²) in [4.78, 5) is 22.0. The Bertz CT molecular complexity index is 1320. The Hall–Kier alpha value is -3.82. The number of aromatic nitrogens is 6. The number of carbonyl (C=O) groups is 1. The number of anilines is 1. The van der Waals surface area contributed by atoms with E-state index in [-0.39, 0.29) is 12.5 Å². The van der Waals surface area contributed by atoms with Gasteiger partial charge in [0.15, 0.2) is 0 Å². The van der Waals surface area contributed by atoms with E-state index >= 15 is 0 Å². The Morgan fingerprint density at radius 2 is 2.06 bits per heavy atom. The molecule has 0 radical (unpaired) electrons. The van der Waals surface area contributed by atoms with E-state index in [0.29, 0.717) is 23.0 Å². The molecule has 0 spiro atoms. The highest BCUT2D eigenvalue weighted by Crippen LogP contribution is 2.49. The van der Waals surface area contributed by atoms with Gasteiger partial charge in [-0.05, 0) is 38.3 Å². The van der Waals surface area contributed by atoms with Crippen molar-refractivity contribution in [3.8, 4) is 17.3 Å². The topological polar surface area (TPSA) is 111 Å². The lowest BCUT2D eigenvalue weighted by molar-refractivity contribution is -0.118. The summed E-state index contributed by atoms with van der Waals surface area (Å²) in [6, 6.07) is 5.45. The van der Waals surface area contributed by atoms with E-state index in [9.17, 15) is 9.18 Å². The number of nitrogens with zero attached hydrogens (tertiary/aromatic N) is 5.